The maximum atomic E-state index is 8.47. The van der Waals surface area contributed by atoms with Crippen molar-refractivity contribution < 1.29 is 9.47 Å². The molecule has 0 saturated carbocycles. The average molecular weight is 163 g/mol. The van der Waals surface area contributed by atoms with Gasteiger partial charge in [0.2, 0.25) is 5.39 Å². The lowest BCUT2D eigenvalue weighted by Crippen LogP contribution is -2.14. The van der Waals surface area contributed by atoms with Crippen molar-refractivity contribution in [1.29, 1.82) is 5.39 Å². The fourth-order valence-corrected chi connectivity index (χ4v) is 1.09. The number of hydrogen-bond donors (Lipinski definition) is 0. The van der Waals surface area contributed by atoms with Gasteiger partial charge in [-0.3, -0.25) is 0 Å². The van der Waals surface area contributed by atoms with Gasteiger partial charge >= 0.3 is 5.69 Å². The van der Waals surface area contributed by atoms with Gasteiger partial charge in [0.05, 0.1) is 6.07 Å². The van der Waals surface area contributed by atoms with E-state index in [-0.39, 0.29) is 0 Å². The Kier molecular flexibility index (Phi) is 1.56. The summed E-state index contributed by atoms with van der Waals surface area (Å²) in [5.74, 6) is 1.34. The van der Waals surface area contributed by atoms with Crippen molar-refractivity contribution in [3.8, 4) is 11.5 Å². The zero-order chi connectivity index (χ0) is 8.39. The van der Waals surface area contributed by atoms with Crippen molar-refractivity contribution in [1.82, 2.24) is 0 Å². The maximum absolute atomic E-state index is 8.47. The number of ether oxygens (including phenoxy) is 2. The van der Waals surface area contributed by atoms with Gasteiger partial charge in [0, 0.05) is 6.07 Å². The molecule has 0 unspecified atom stereocenters. The van der Waals surface area contributed by atoms with Crippen molar-refractivity contribution in [2.45, 2.75) is 0 Å². The van der Waals surface area contributed by atoms with E-state index >= 15 is 0 Å². The van der Waals surface area contributed by atoms with Gasteiger partial charge in [0.25, 0.3) is 0 Å². The predicted octanol–water partition coefficient (Wildman–Crippen LogP) is 1.94. The molecule has 1 aromatic carbocycles. The first kappa shape index (κ1) is 6.92. The number of rotatable bonds is 0. The van der Waals surface area contributed by atoms with Crippen molar-refractivity contribution in [3.63, 3.8) is 0 Å². The summed E-state index contributed by atoms with van der Waals surface area (Å²) in [5, 5.41) is 8.47. The van der Waals surface area contributed by atoms with Gasteiger partial charge in [-0.15, -0.1) is 0 Å². The normalized spacial score (nSPS) is 13.6. The lowest BCUT2D eigenvalue weighted by atomic mass is 10.3. The standard InChI is InChI=1S/C8H7N2O2/c9-10-6-1-2-7-8(5-6)12-4-3-11-7/h1-2,5H,3-4H2/q+1. The topological polar surface area (TPSA) is 46.6 Å². The molecule has 0 aromatic heterocycles. The largest absolute Gasteiger partial charge is 0.486 e. The highest BCUT2D eigenvalue weighted by molar-refractivity contribution is 5.55. The van der Waals surface area contributed by atoms with E-state index in [4.69, 9.17) is 14.9 Å². The Morgan fingerprint density at radius 1 is 1.17 bits per heavy atom. The molecule has 0 atom stereocenters. The summed E-state index contributed by atoms with van der Waals surface area (Å²) >= 11 is 0. The van der Waals surface area contributed by atoms with E-state index in [1.54, 1.807) is 18.2 Å². The zero-order valence-corrected chi connectivity index (χ0v) is 6.36. The monoisotopic (exact) mass is 163 g/mol. The third-order valence-electron chi connectivity index (χ3n) is 1.64. The van der Waals surface area contributed by atoms with Crippen LogP contribution in [0.2, 0.25) is 0 Å². The van der Waals surface area contributed by atoms with E-state index in [0.29, 0.717) is 30.4 Å². The third kappa shape index (κ3) is 1.05. The molecule has 0 N–H and O–H groups in total. The van der Waals surface area contributed by atoms with Crippen LogP contribution in [-0.4, -0.2) is 13.2 Å². The van der Waals surface area contributed by atoms with E-state index in [2.05, 4.69) is 4.98 Å². The summed E-state index contributed by atoms with van der Waals surface area (Å²) in [7, 11) is 0. The molecule has 0 amide bonds. The van der Waals surface area contributed by atoms with Crippen LogP contribution in [0.3, 0.4) is 0 Å². The summed E-state index contributed by atoms with van der Waals surface area (Å²) in [5.41, 5.74) is 0.472. The van der Waals surface area contributed by atoms with Gasteiger partial charge in [-0.2, -0.15) is 0 Å². The SMILES string of the molecule is N#[N+]c1ccc2c(c1)OCCO2. The Morgan fingerprint density at radius 2 is 1.92 bits per heavy atom. The van der Waals surface area contributed by atoms with Crippen LogP contribution < -0.4 is 9.47 Å². The summed E-state index contributed by atoms with van der Waals surface area (Å²) in [6.45, 7) is 1.12. The van der Waals surface area contributed by atoms with E-state index in [0.717, 1.165) is 0 Å². The lowest BCUT2D eigenvalue weighted by Gasteiger charge is -2.16. The molecular weight excluding hydrogens is 156 g/mol. The second-order valence-corrected chi connectivity index (χ2v) is 2.43. The molecular formula is C8H7N2O2+. The maximum Gasteiger partial charge on any atom is 0.389 e. The smallest absolute Gasteiger partial charge is 0.389 e. The quantitative estimate of drug-likeness (QED) is 0.549. The molecule has 0 spiro atoms. The summed E-state index contributed by atoms with van der Waals surface area (Å²) < 4.78 is 10.5. The van der Waals surface area contributed by atoms with Gasteiger partial charge in [0.1, 0.15) is 13.2 Å². The number of fused-ring (bicyclic) bond motifs is 1. The molecule has 4 nitrogen and oxygen atoms in total. The molecule has 0 fully saturated rings. The van der Waals surface area contributed by atoms with Crippen molar-refractivity contribution in [3.05, 3.63) is 23.2 Å². The first-order valence-electron chi connectivity index (χ1n) is 3.65. The minimum Gasteiger partial charge on any atom is -0.486 e. The Hall–Kier alpha value is -1.76. The molecule has 0 radical (unpaired) electrons. The summed E-state index contributed by atoms with van der Waals surface area (Å²) in [6.07, 6.45) is 0. The first-order chi connectivity index (χ1) is 5.90. The van der Waals surface area contributed by atoms with Gasteiger partial charge in [-0.1, -0.05) is 0 Å². The molecule has 12 heavy (non-hydrogen) atoms. The number of diazo groups is 1. The number of nitrogens with zero attached hydrogens (tertiary/aromatic N) is 2. The minimum absolute atomic E-state index is 0.472. The van der Waals surface area contributed by atoms with Crippen molar-refractivity contribution >= 4 is 5.69 Å². The van der Waals surface area contributed by atoms with Crippen LogP contribution in [-0.2, 0) is 0 Å². The van der Waals surface area contributed by atoms with Crippen molar-refractivity contribution in [2.24, 2.45) is 0 Å². The molecule has 0 bridgehead atoms. The summed E-state index contributed by atoms with van der Waals surface area (Å²) in [4.78, 5) is 3.04. The second-order valence-electron chi connectivity index (χ2n) is 2.43. The number of benzene rings is 1. The van der Waals surface area contributed by atoms with Gasteiger partial charge in [-0.25, -0.2) is 0 Å². The highest BCUT2D eigenvalue weighted by Crippen LogP contribution is 2.33. The van der Waals surface area contributed by atoms with Crippen LogP contribution in [0.25, 0.3) is 4.98 Å². The third-order valence-corrected chi connectivity index (χ3v) is 1.64. The van der Waals surface area contributed by atoms with E-state index in [1.165, 1.54) is 0 Å². The molecule has 2 rings (SSSR count). The molecule has 4 heteroatoms. The number of hydrogen-bond acceptors (Lipinski definition) is 3. The Labute approximate surface area is 69.3 Å². The van der Waals surface area contributed by atoms with E-state index in [1.807, 2.05) is 0 Å². The fraction of sp³-hybridized carbons (Fsp3) is 0.250. The zero-order valence-electron chi connectivity index (χ0n) is 6.36. The molecule has 1 aromatic rings. The average Bonchev–Trinajstić information content (AvgIpc) is 2.17. The first-order valence-corrected chi connectivity index (χ1v) is 3.65. The highest BCUT2D eigenvalue weighted by atomic mass is 16.6. The Morgan fingerprint density at radius 3 is 2.67 bits per heavy atom. The van der Waals surface area contributed by atoms with Crippen LogP contribution in [0.15, 0.2) is 18.2 Å². The molecule has 1 aliphatic rings. The van der Waals surface area contributed by atoms with Crippen LogP contribution >= 0.6 is 0 Å². The molecule has 60 valence electrons. The molecule has 0 aliphatic carbocycles. The van der Waals surface area contributed by atoms with Crippen LogP contribution in [0.4, 0.5) is 5.69 Å². The van der Waals surface area contributed by atoms with Crippen molar-refractivity contribution in [2.75, 3.05) is 13.2 Å². The Balaban J connectivity index is 2.44. The Bertz CT molecular complexity index is 343. The van der Waals surface area contributed by atoms with Crippen LogP contribution in [0.1, 0.15) is 0 Å². The fourth-order valence-electron chi connectivity index (χ4n) is 1.09. The molecule has 1 heterocycles. The van der Waals surface area contributed by atoms with Crippen LogP contribution in [0, 0.1) is 5.39 Å². The molecule has 1 aliphatic heterocycles. The highest BCUT2D eigenvalue weighted by Gasteiger charge is 2.15. The minimum atomic E-state index is 0.472. The predicted molar refractivity (Wildman–Crippen MR) is 42.2 cm³/mol. The van der Waals surface area contributed by atoms with E-state index < -0.39 is 0 Å². The van der Waals surface area contributed by atoms with Crippen LogP contribution in [0.5, 0.6) is 11.5 Å². The lowest BCUT2D eigenvalue weighted by molar-refractivity contribution is 0.171. The second kappa shape index (κ2) is 2.70. The van der Waals surface area contributed by atoms with E-state index in [9.17, 15) is 0 Å². The summed E-state index contributed by atoms with van der Waals surface area (Å²) in [6, 6.07) is 5.02. The van der Waals surface area contributed by atoms with Gasteiger partial charge in [0.15, 0.2) is 16.5 Å². The molecule has 0 saturated heterocycles. The van der Waals surface area contributed by atoms with Gasteiger partial charge in [-0.05, 0) is 6.07 Å². The van der Waals surface area contributed by atoms with Gasteiger partial charge < -0.3 is 9.47 Å².